The van der Waals surface area contributed by atoms with Gasteiger partial charge in [-0.05, 0) is 56.3 Å². The number of hydroxylamine groups is 1. The molecule has 3 aromatic rings. The number of hydrogen-bond acceptors (Lipinski definition) is 9. The van der Waals surface area contributed by atoms with E-state index in [1.54, 1.807) is 13.2 Å². The number of nitrogens with zero attached hydrogens (tertiary/aromatic N) is 5. The minimum atomic E-state index is -0.558. The molecule has 10 nitrogen and oxygen atoms in total. The van der Waals surface area contributed by atoms with E-state index in [0.29, 0.717) is 53.7 Å². The average molecular weight is 578 g/mol. The molecule has 2 aromatic carbocycles. The number of anilines is 5. The Labute approximate surface area is 242 Å². The van der Waals surface area contributed by atoms with Gasteiger partial charge in [0, 0.05) is 43.2 Å². The first-order valence-electron chi connectivity index (χ1n) is 13.9. The van der Waals surface area contributed by atoms with E-state index in [2.05, 4.69) is 44.0 Å². The molecule has 0 saturated carbocycles. The molecule has 1 aromatic heterocycles. The van der Waals surface area contributed by atoms with Crippen LogP contribution in [0.25, 0.3) is 0 Å². The minimum Gasteiger partial charge on any atom is -0.494 e. The maximum absolute atomic E-state index is 14.6. The number of hydrogen-bond donors (Lipinski definition) is 2. The molecule has 1 amide bonds. The Morgan fingerprint density at radius 2 is 2.00 bits per heavy atom. The van der Waals surface area contributed by atoms with Crippen LogP contribution in [-0.2, 0) is 9.63 Å². The number of nitrogens with one attached hydrogen (secondary N) is 2. The largest absolute Gasteiger partial charge is 0.494 e. The second-order valence-electron chi connectivity index (χ2n) is 10.8. The lowest BCUT2D eigenvalue weighted by atomic mass is 10.0. The molecular weight excluding hydrogens is 544 g/mol. The molecule has 3 saturated heterocycles. The molecule has 0 unspecified atom stereocenters. The molecule has 3 aliphatic heterocycles. The van der Waals surface area contributed by atoms with E-state index in [9.17, 15) is 13.6 Å². The molecule has 3 aliphatic rings. The van der Waals surface area contributed by atoms with E-state index in [1.807, 2.05) is 12.1 Å². The maximum atomic E-state index is 14.6. The number of carbonyl (C=O) groups excluding carboxylic acids is 1. The van der Waals surface area contributed by atoms with Crippen molar-refractivity contribution in [3.05, 3.63) is 72.6 Å². The number of benzene rings is 2. The zero-order valence-electron chi connectivity index (χ0n) is 23.5. The van der Waals surface area contributed by atoms with Gasteiger partial charge in [-0.1, -0.05) is 6.58 Å². The molecule has 0 aliphatic carbocycles. The fourth-order valence-electron chi connectivity index (χ4n) is 6.17. The van der Waals surface area contributed by atoms with E-state index in [0.717, 1.165) is 43.9 Å². The lowest BCUT2D eigenvalue weighted by Crippen LogP contribution is -2.32. The first kappa shape index (κ1) is 27.9. The van der Waals surface area contributed by atoms with Crippen LogP contribution in [0.4, 0.5) is 37.5 Å². The van der Waals surface area contributed by atoms with Crippen LogP contribution < -0.4 is 25.3 Å². The SMILES string of the molecule is C=CC(=O)Nc1cc(Nc2cc(N3OCC[C@@H]3c3cc(F)ccc3F)ncn2)c(OC)cc1N1C[C@@H]2CCN(C)[C@@H]2C1. The molecule has 4 heterocycles. The third-order valence-electron chi connectivity index (χ3n) is 8.29. The van der Waals surface area contributed by atoms with Crippen molar-refractivity contribution in [1.29, 1.82) is 0 Å². The third-order valence-corrected chi connectivity index (χ3v) is 8.29. The van der Waals surface area contributed by atoms with E-state index in [1.165, 1.54) is 23.5 Å². The first-order chi connectivity index (χ1) is 20.3. The highest BCUT2D eigenvalue weighted by Gasteiger charge is 2.40. The summed E-state index contributed by atoms with van der Waals surface area (Å²) in [6.07, 6.45) is 4.20. The Morgan fingerprint density at radius 1 is 1.14 bits per heavy atom. The van der Waals surface area contributed by atoms with E-state index in [4.69, 9.17) is 9.57 Å². The summed E-state index contributed by atoms with van der Waals surface area (Å²) in [6, 6.07) is 8.67. The minimum absolute atomic E-state index is 0.192. The Balaban J connectivity index is 1.30. The van der Waals surface area contributed by atoms with Gasteiger partial charge in [0.2, 0.25) is 5.91 Å². The number of aromatic nitrogens is 2. The lowest BCUT2D eigenvalue weighted by molar-refractivity contribution is -0.111. The van der Waals surface area contributed by atoms with Crippen LogP contribution in [0.15, 0.2) is 55.4 Å². The summed E-state index contributed by atoms with van der Waals surface area (Å²) in [6.45, 7) is 6.76. The predicted molar refractivity (Wildman–Crippen MR) is 156 cm³/mol. The van der Waals surface area contributed by atoms with Crippen molar-refractivity contribution in [1.82, 2.24) is 14.9 Å². The van der Waals surface area contributed by atoms with Crippen molar-refractivity contribution in [2.24, 2.45) is 5.92 Å². The van der Waals surface area contributed by atoms with Crippen LogP contribution in [0.3, 0.4) is 0 Å². The number of carbonyl (C=O) groups is 1. The zero-order chi connectivity index (χ0) is 29.4. The lowest BCUT2D eigenvalue weighted by Gasteiger charge is -2.26. The molecule has 42 heavy (non-hydrogen) atoms. The van der Waals surface area contributed by atoms with Gasteiger partial charge in [0.15, 0.2) is 5.82 Å². The summed E-state index contributed by atoms with van der Waals surface area (Å²) in [4.78, 5) is 31.5. The Morgan fingerprint density at radius 3 is 2.79 bits per heavy atom. The monoisotopic (exact) mass is 577 g/mol. The highest BCUT2D eigenvalue weighted by atomic mass is 19.1. The molecule has 0 spiro atoms. The Bertz CT molecular complexity index is 1510. The molecule has 0 radical (unpaired) electrons. The fraction of sp³-hybridized carbons (Fsp3) is 0.367. The summed E-state index contributed by atoms with van der Waals surface area (Å²) < 4.78 is 34.3. The summed E-state index contributed by atoms with van der Waals surface area (Å²) in [5.41, 5.74) is 2.24. The third kappa shape index (κ3) is 5.35. The predicted octanol–water partition coefficient (Wildman–Crippen LogP) is 4.65. The highest BCUT2D eigenvalue weighted by molar-refractivity contribution is 6.02. The molecule has 0 bridgehead atoms. The van der Waals surface area contributed by atoms with Crippen LogP contribution in [0, 0.1) is 17.6 Å². The van der Waals surface area contributed by atoms with Gasteiger partial charge in [0.1, 0.15) is 29.5 Å². The Hall–Kier alpha value is -4.29. The summed E-state index contributed by atoms with van der Waals surface area (Å²) in [5.74, 6) is 0.553. The topological polar surface area (TPSA) is 95.1 Å². The van der Waals surface area contributed by atoms with Crippen molar-refractivity contribution in [3.8, 4) is 5.75 Å². The number of fused-ring (bicyclic) bond motifs is 1. The standard InChI is InChI=1S/C30H33F2N7O3/c1-4-30(40)36-22-12-23(27(41-3)13-25(22)38-15-18-7-9-37(2)26(18)16-38)35-28-14-29(34-17-33-28)39-24(8-10-42-39)20-11-19(31)5-6-21(20)32/h4-6,11-14,17-18,24,26H,1,7-10,15-16H2,2-3H3,(H,36,40)(H,33,34,35)/t18-,24+,26+/m0/s1. The fourth-order valence-corrected chi connectivity index (χ4v) is 6.17. The van der Waals surface area contributed by atoms with Crippen molar-refractivity contribution >= 4 is 34.6 Å². The summed E-state index contributed by atoms with van der Waals surface area (Å²) in [7, 11) is 3.74. The van der Waals surface area contributed by atoms with Gasteiger partial charge in [0.25, 0.3) is 0 Å². The Kier molecular flexibility index (Phi) is 7.65. The average Bonchev–Trinajstić information content (AvgIpc) is 3.72. The van der Waals surface area contributed by atoms with Gasteiger partial charge in [0.05, 0.1) is 36.8 Å². The number of rotatable bonds is 8. The summed E-state index contributed by atoms with van der Waals surface area (Å²) in [5, 5.41) is 7.68. The van der Waals surface area contributed by atoms with Gasteiger partial charge in [-0.3, -0.25) is 9.63 Å². The van der Waals surface area contributed by atoms with Crippen molar-refractivity contribution < 1.29 is 23.1 Å². The molecule has 12 heteroatoms. The van der Waals surface area contributed by atoms with Gasteiger partial charge in [-0.2, -0.15) is 0 Å². The van der Waals surface area contributed by atoms with Crippen LogP contribution >= 0.6 is 0 Å². The van der Waals surface area contributed by atoms with Crippen LogP contribution in [-0.4, -0.2) is 67.2 Å². The highest BCUT2D eigenvalue weighted by Crippen LogP contribution is 2.42. The second-order valence-corrected chi connectivity index (χ2v) is 10.8. The van der Waals surface area contributed by atoms with Crippen molar-refractivity contribution in [3.63, 3.8) is 0 Å². The zero-order valence-corrected chi connectivity index (χ0v) is 23.5. The van der Waals surface area contributed by atoms with Crippen molar-refractivity contribution in [2.45, 2.75) is 24.9 Å². The van der Waals surface area contributed by atoms with Gasteiger partial charge >= 0.3 is 0 Å². The van der Waals surface area contributed by atoms with E-state index in [-0.39, 0.29) is 11.5 Å². The molecule has 220 valence electrons. The van der Waals surface area contributed by atoms with Crippen LogP contribution in [0.1, 0.15) is 24.4 Å². The number of halogens is 2. The quantitative estimate of drug-likeness (QED) is 0.371. The second kappa shape index (κ2) is 11.5. The smallest absolute Gasteiger partial charge is 0.247 e. The molecular formula is C30H33F2N7O3. The van der Waals surface area contributed by atoms with Gasteiger partial charge in [-0.25, -0.2) is 23.8 Å². The van der Waals surface area contributed by atoms with Crippen LogP contribution in [0.2, 0.25) is 0 Å². The number of likely N-dealkylation sites (N-methyl/N-ethyl adjacent to an activating group) is 1. The van der Waals surface area contributed by atoms with E-state index >= 15 is 0 Å². The summed E-state index contributed by atoms with van der Waals surface area (Å²) >= 11 is 0. The van der Waals surface area contributed by atoms with Crippen molar-refractivity contribution in [2.75, 3.05) is 61.0 Å². The molecule has 3 fully saturated rings. The maximum Gasteiger partial charge on any atom is 0.247 e. The van der Waals surface area contributed by atoms with Gasteiger partial charge < -0.3 is 25.2 Å². The normalized spacial score (nSPS) is 21.9. The number of amides is 1. The number of methoxy groups -OCH3 is 1. The number of ether oxygens (including phenoxy) is 1. The van der Waals surface area contributed by atoms with Crippen LogP contribution in [0.5, 0.6) is 5.75 Å². The van der Waals surface area contributed by atoms with E-state index < -0.39 is 17.7 Å². The molecule has 2 N–H and O–H groups in total. The number of likely N-dealkylation sites (tertiary alicyclic amines) is 1. The molecule has 6 rings (SSSR count). The first-order valence-corrected chi connectivity index (χ1v) is 13.9. The molecule has 3 atom stereocenters. The van der Waals surface area contributed by atoms with Gasteiger partial charge in [-0.15, -0.1) is 0 Å².